The molecule has 0 aliphatic carbocycles. The van der Waals surface area contributed by atoms with Crippen molar-refractivity contribution < 1.29 is 0 Å². The highest BCUT2D eigenvalue weighted by Crippen LogP contribution is 2.13. The van der Waals surface area contributed by atoms with Crippen LogP contribution < -0.4 is 0 Å². The van der Waals surface area contributed by atoms with Crippen LogP contribution in [0.15, 0.2) is 12.4 Å². The molecule has 1 aromatic rings. The molecule has 2 nitrogen and oxygen atoms in total. The highest BCUT2D eigenvalue weighted by molar-refractivity contribution is 7.36. The van der Waals surface area contributed by atoms with Gasteiger partial charge in [-0.3, -0.25) is 0 Å². The number of hydrogen-bond donors (Lipinski definition) is 0. The standard InChI is InChI=1S/C9H15N2P/c1-7(2)8-4-10-9(6-12-3)11-5-8/h4-5,7,12H,6H2,1-3H3. The van der Waals surface area contributed by atoms with Gasteiger partial charge in [-0.15, -0.1) is 8.58 Å². The number of rotatable bonds is 3. The van der Waals surface area contributed by atoms with E-state index >= 15 is 0 Å². The molecule has 0 bridgehead atoms. The largest absolute Gasteiger partial charge is 0.241 e. The molecule has 1 atom stereocenters. The van der Waals surface area contributed by atoms with E-state index in [0.29, 0.717) is 5.92 Å². The summed E-state index contributed by atoms with van der Waals surface area (Å²) in [5.41, 5.74) is 1.22. The minimum atomic E-state index is 0.531. The first-order chi connectivity index (χ1) is 5.74. The predicted octanol–water partition coefficient (Wildman–Crippen LogP) is 2.41. The zero-order valence-corrected chi connectivity index (χ0v) is 8.83. The molecule has 66 valence electrons. The Balaban J connectivity index is 2.71. The maximum absolute atomic E-state index is 4.29. The van der Waals surface area contributed by atoms with E-state index in [2.05, 4.69) is 30.5 Å². The van der Waals surface area contributed by atoms with Crippen molar-refractivity contribution in [2.75, 3.05) is 6.66 Å². The number of hydrogen-bond acceptors (Lipinski definition) is 2. The summed E-state index contributed by atoms with van der Waals surface area (Å²) in [5, 5.41) is 0. The third-order valence-corrected chi connectivity index (χ3v) is 2.40. The smallest absolute Gasteiger partial charge is 0.132 e. The molecule has 0 aliphatic heterocycles. The third kappa shape index (κ3) is 2.53. The van der Waals surface area contributed by atoms with E-state index in [1.54, 1.807) is 0 Å². The summed E-state index contributed by atoms with van der Waals surface area (Å²) in [6.07, 6.45) is 4.89. The van der Waals surface area contributed by atoms with Crippen molar-refractivity contribution in [3.8, 4) is 0 Å². The normalized spacial score (nSPS) is 11.7. The zero-order valence-electron chi connectivity index (χ0n) is 7.83. The van der Waals surface area contributed by atoms with Crippen LogP contribution in [0.25, 0.3) is 0 Å². The Morgan fingerprint density at radius 3 is 2.33 bits per heavy atom. The Morgan fingerprint density at radius 2 is 1.92 bits per heavy atom. The molecule has 0 saturated heterocycles. The topological polar surface area (TPSA) is 25.8 Å². The van der Waals surface area contributed by atoms with E-state index in [4.69, 9.17) is 0 Å². The number of aromatic nitrogens is 2. The monoisotopic (exact) mass is 182 g/mol. The summed E-state index contributed by atoms with van der Waals surface area (Å²) in [6, 6.07) is 0. The molecule has 0 aromatic carbocycles. The van der Waals surface area contributed by atoms with Crippen LogP contribution in [-0.4, -0.2) is 16.6 Å². The predicted molar refractivity (Wildman–Crippen MR) is 54.1 cm³/mol. The summed E-state index contributed by atoms with van der Waals surface area (Å²) in [6.45, 7) is 6.47. The van der Waals surface area contributed by atoms with Gasteiger partial charge in [0.15, 0.2) is 0 Å². The fourth-order valence-corrected chi connectivity index (χ4v) is 1.41. The van der Waals surface area contributed by atoms with Crippen LogP contribution in [0.2, 0.25) is 0 Å². The van der Waals surface area contributed by atoms with Crippen LogP contribution in [0.1, 0.15) is 31.2 Å². The average Bonchev–Trinajstić information content (AvgIpc) is 2.06. The van der Waals surface area contributed by atoms with E-state index in [1.807, 2.05) is 12.4 Å². The van der Waals surface area contributed by atoms with E-state index in [1.165, 1.54) is 5.56 Å². The molecule has 0 aliphatic rings. The highest BCUT2D eigenvalue weighted by atomic mass is 31.1. The van der Waals surface area contributed by atoms with Gasteiger partial charge >= 0.3 is 0 Å². The van der Waals surface area contributed by atoms with Crippen molar-refractivity contribution in [1.29, 1.82) is 0 Å². The first-order valence-corrected chi connectivity index (χ1v) is 5.90. The molecule has 0 radical (unpaired) electrons. The molecule has 0 fully saturated rings. The van der Waals surface area contributed by atoms with Crippen molar-refractivity contribution >= 4 is 8.58 Å². The minimum absolute atomic E-state index is 0.531. The van der Waals surface area contributed by atoms with Gasteiger partial charge in [-0.25, -0.2) is 9.97 Å². The van der Waals surface area contributed by atoms with Crippen molar-refractivity contribution in [3.63, 3.8) is 0 Å². The Labute approximate surface area is 75.6 Å². The second-order valence-electron chi connectivity index (χ2n) is 3.12. The van der Waals surface area contributed by atoms with Crippen LogP contribution in [0.4, 0.5) is 0 Å². The van der Waals surface area contributed by atoms with Crippen molar-refractivity contribution in [2.24, 2.45) is 0 Å². The summed E-state index contributed by atoms with van der Waals surface area (Å²) < 4.78 is 0. The van der Waals surface area contributed by atoms with Gasteiger partial charge < -0.3 is 0 Å². The minimum Gasteiger partial charge on any atom is -0.241 e. The zero-order chi connectivity index (χ0) is 8.97. The average molecular weight is 182 g/mol. The molecule has 1 heterocycles. The van der Waals surface area contributed by atoms with Gasteiger partial charge in [-0.2, -0.15) is 0 Å². The van der Waals surface area contributed by atoms with Gasteiger partial charge in [0, 0.05) is 18.6 Å². The fourth-order valence-electron chi connectivity index (χ4n) is 0.912. The van der Waals surface area contributed by atoms with Gasteiger partial charge in [0.1, 0.15) is 5.82 Å². The molecule has 1 aromatic heterocycles. The summed E-state index contributed by atoms with van der Waals surface area (Å²) in [5.74, 6) is 1.50. The van der Waals surface area contributed by atoms with E-state index in [-0.39, 0.29) is 0 Å². The molecule has 3 heteroatoms. The van der Waals surface area contributed by atoms with Crippen LogP contribution >= 0.6 is 8.58 Å². The molecule has 0 spiro atoms. The molecule has 0 saturated carbocycles. The van der Waals surface area contributed by atoms with Crippen molar-refractivity contribution in [3.05, 3.63) is 23.8 Å². The Bertz CT molecular complexity index is 231. The van der Waals surface area contributed by atoms with Gasteiger partial charge in [0.25, 0.3) is 0 Å². The first-order valence-electron chi connectivity index (χ1n) is 4.19. The van der Waals surface area contributed by atoms with Crippen LogP contribution in [0.5, 0.6) is 0 Å². The van der Waals surface area contributed by atoms with E-state index in [9.17, 15) is 0 Å². The van der Waals surface area contributed by atoms with Crippen LogP contribution in [-0.2, 0) is 6.16 Å². The van der Waals surface area contributed by atoms with Crippen LogP contribution in [0, 0.1) is 0 Å². The fraction of sp³-hybridized carbons (Fsp3) is 0.556. The molecule has 1 unspecified atom stereocenters. The lowest BCUT2D eigenvalue weighted by molar-refractivity contribution is 0.836. The Hall–Kier alpha value is -0.490. The summed E-state index contributed by atoms with van der Waals surface area (Å²) in [7, 11) is 0.902. The SMILES string of the molecule is CPCc1ncc(C(C)C)cn1. The molecule has 1 rings (SSSR count). The second-order valence-corrected chi connectivity index (χ2v) is 4.18. The quantitative estimate of drug-likeness (QED) is 0.671. The highest BCUT2D eigenvalue weighted by Gasteiger charge is 1.99. The lowest BCUT2D eigenvalue weighted by atomic mass is 10.1. The Morgan fingerprint density at radius 1 is 1.33 bits per heavy atom. The second kappa shape index (κ2) is 4.51. The maximum atomic E-state index is 4.29. The first kappa shape index (κ1) is 9.60. The lowest BCUT2D eigenvalue weighted by Crippen LogP contribution is -1.95. The van der Waals surface area contributed by atoms with Crippen molar-refractivity contribution in [2.45, 2.75) is 25.9 Å². The van der Waals surface area contributed by atoms with Crippen LogP contribution in [0.3, 0.4) is 0 Å². The van der Waals surface area contributed by atoms with E-state index in [0.717, 1.165) is 20.6 Å². The maximum Gasteiger partial charge on any atom is 0.132 e. The molecular formula is C9H15N2P. The molecule has 12 heavy (non-hydrogen) atoms. The van der Waals surface area contributed by atoms with E-state index < -0.39 is 0 Å². The molecule has 0 N–H and O–H groups in total. The Kier molecular flexibility index (Phi) is 3.61. The molecular weight excluding hydrogens is 167 g/mol. The lowest BCUT2D eigenvalue weighted by Gasteiger charge is -2.03. The van der Waals surface area contributed by atoms with Gasteiger partial charge in [0.05, 0.1) is 0 Å². The summed E-state index contributed by atoms with van der Waals surface area (Å²) in [4.78, 5) is 8.57. The third-order valence-electron chi connectivity index (χ3n) is 1.73. The van der Waals surface area contributed by atoms with Gasteiger partial charge in [0.2, 0.25) is 0 Å². The number of nitrogens with zero attached hydrogens (tertiary/aromatic N) is 2. The summed E-state index contributed by atoms with van der Waals surface area (Å²) >= 11 is 0. The van der Waals surface area contributed by atoms with Gasteiger partial charge in [-0.1, -0.05) is 13.8 Å². The van der Waals surface area contributed by atoms with Gasteiger partial charge in [-0.05, 0) is 18.1 Å². The molecule has 0 amide bonds. The van der Waals surface area contributed by atoms with Crippen molar-refractivity contribution in [1.82, 2.24) is 9.97 Å².